The van der Waals surface area contributed by atoms with E-state index >= 15 is 0 Å². The zero-order valence-corrected chi connectivity index (χ0v) is 18.2. The number of fused-ring (bicyclic) bond motifs is 1. The van der Waals surface area contributed by atoms with Gasteiger partial charge in [0.25, 0.3) is 5.69 Å². The minimum absolute atomic E-state index is 0.140. The molecule has 0 unspecified atom stereocenters. The SMILES string of the molecule is CCC[N+]1=C(/C=C/Nc2ccccc2)C(C)(C)c2cc([N+](=O)[O-])ccc21.[O-][Cl+3]([O-])([O-])[O-]. The molecule has 0 spiro atoms. The largest absolute Gasteiger partial charge is 0.361 e. The Hall–Kier alpha value is -2.82. The maximum absolute atomic E-state index is 11.2. The molecule has 0 radical (unpaired) electrons. The second-order valence-corrected chi connectivity index (χ2v) is 8.10. The third kappa shape index (κ3) is 6.58. The first-order chi connectivity index (χ1) is 14.4. The van der Waals surface area contributed by atoms with Crippen molar-refractivity contribution in [1.82, 2.24) is 0 Å². The Morgan fingerprint density at radius 2 is 1.71 bits per heavy atom. The highest BCUT2D eigenvalue weighted by Gasteiger charge is 2.44. The van der Waals surface area contributed by atoms with E-state index in [-0.39, 0.29) is 16.0 Å². The molecule has 31 heavy (non-hydrogen) atoms. The lowest BCUT2D eigenvalue weighted by Gasteiger charge is -2.17. The van der Waals surface area contributed by atoms with Crippen LogP contribution >= 0.6 is 0 Å². The molecule has 1 aliphatic heterocycles. The Morgan fingerprint density at radius 1 is 1.10 bits per heavy atom. The van der Waals surface area contributed by atoms with E-state index < -0.39 is 10.2 Å². The number of hydrogen-bond acceptors (Lipinski definition) is 7. The van der Waals surface area contributed by atoms with Crippen molar-refractivity contribution in [3.05, 3.63) is 76.5 Å². The molecule has 166 valence electrons. The molecule has 2 aromatic rings. The number of hydrogen-bond donors (Lipinski definition) is 1. The Labute approximate surface area is 182 Å². The number of nitro benzene ring substituents is 1. The van der Waals surface area contributed by atoms with Crippen LogP contribution in [0, 0.1) is 20.4 Å². The third-order valence-electron chi connectivity index (χ3n) is 4.80. The van der Waals surface area contributed by atoms with Crippen molar-refractivity contribution >= 4 is 22.8 Å². The van der Waals surface area contributed by atoms with Gasteiger partial charge in [0.05, 0.1) is 10.3 Å². The third-order valence-corrected chi connectivity index (χ3v) is 4.80. The van der Waals surface area contributed by atoms with Crippen molar-refractivity contribution in [2.45, 2.75) is 32.6 Å². The number of nitro groups is 1. The molecule has 0 aromatic heterocycles. The summed E-state index contributed by atoms with van der Waals surface area (Å²) in [6.07, 6.45) is 5.01. The van der Waals surface area contributed by atoms with E-state index in [2.05, 4.69) is 36.7 Å². The van der Waals surface area contributed by atoms with Crippen LogP contribution in [0.2, 0.25) is 0 Å². The molecular weight excluding hydrogens is 426 g/mol. The van der Waals surface area contributed by atoms with Crippen molar-refractivity contribution in [1.29, 1.82) is 0 Å². The second kappa shape index (κ2) is 9.99. The topological polar surface area (TPSA) is 150 Å². The van der Waals surface area contributed by atoms with Gasteiger partial charge in [-0.2, -0.15) is 4.58 Å². The van der Waals surface area contributed by atoms with Crippen LogP contribution in [0.3, 0.4) is 0 Å². The van der Waals surface area contributed by atoms with Gasteiger partial charge in [0.1, 0.15) is 6.54 Å². The predicted molar refractivity (Wildman–Crippen MR) is 105 cm³/mol. The molecule has 0 amide bonds. The van der Waals surface area contributed by atoms with Gasteiger partial charge in [-0.3, -0.25) is 10.1 Å². The lowest BCUT2D eigenvalue weighted by atomic mass is 9.81. The number of rotatable bonds is 6. The fourth-order valence-electron chi connectivity index (χ4n) is 3.49. The summed E-state index contributed by atoms with van der Waals surface area (Å²) in [4.78, 5) is 10.9. The van der Waals surface area contributed by atoms with Crippen LogP contribution in [0.25, 0.3) is 0 Å². The molecule has 0 bridgehead atoms. The molecule has 0 saturated heterocycles. The summed E-state index contributed by atoms with van der Waals surface area (Å²) in [5, 5.41) is 14.5. The van der Waals surface area contributed by atoms with Crippen LogP contribution in [0.1, 0.15) is 32.8 Å². The van der Waals surface area contributed by atoms with E-state index in [0.29, 0.717) is 0 Å². The molecule has 1 aliphatic rings. The second-order valence-electron chi connectivity index (χ2n) is 7.34. The number of para-hydroxylation sites is 1. The highest BCUT2D eigenvalue weighted by molar-refractivity contribution is 6.03. The molecule has 3 rings (SSSR count). The minimum Gasteiger partial charge on any atom is -0.361 e. The van der Waals surface area contributed by atoms with Crippen LogP contribution in [0.4, 0.5) is 17.1 Å². The van der Waals surface area contributed by atoms with Gasteiger partial charge in [-0.1, -0.05) is 25.1 Å². The summed E-state index contributed by atoms with van der Waals surface area (Å²) in [6, 6.07) is 15.2. The molecule has 0 fully saturated rings. The quantitative estimate of drug-likeness (QED) is 0.377. The average Bonchev–Trinajstić information content (AvgIpc) is 2.88. The van der Waals surface area contributed by atoms with E-state index in [4.69, 9.17) is 18.6 Å². The normalized spacial score (nSPS) is 14.8. The van der Waals surface area contributed by atoms with Crippen LogP contribution in [-0.4, -0.2) is 21.8 Å². The fraction of sp³-hybridized carbons (Fsp3) is 0.286. The lowest BCUT2D eigenvalue weighted by Crippen LogP contribution is -2.68. The van der Waals surface area contributed by atoms with Gasteiger partial charge >= 0.3 is 0 Å². The average molecular weight is 450 g/mol. The highest BCUT2D eigenvalue weighted by atomic mass is 35.7. The summed E-state index contributed by atoms with van der Waals surface area (Å²) >= 11 is 0. The maximum Gasteiger partial charge on any atom is 0.270 e. The summed E-state index contributed by atoms with van der Waals surface area (Å²) in [7, 11) is -4.94. The molecule has 0 atom stereocenters. The first-order valence-corrected chi connectivity index (χ1v) is 10.7. The molecule has 2 aromatic carbocycles. The van der Waals surface area contributed by atoms with Crippen molar-refractivity contribution in [3.8, 4) is 0 Å². The van der Waals surface area contributed by atoms with Crippen molar-refractivity contribution < 1.29 is 38.4 Å². The molecule has 1 N–H and O–H groups in total. The van der Waals surface area contributed by atoms with Gasteiger partial charge in [0.2, 0.25) is 5.69 Å². The number of halogens is 1. The van der Waals surface area contributed by atoms with E-state index in [9.17, 15) is 10.1 Å². The predicted octanol–water partition coefficient (Wildman–Crippen LogP) is 0.251. The molecule has 0 aliphatic carbocycles. The Kier molecular flexibility index (Phi) is 7.88. The Morgan fingerprint density at radius 3 is 2.26 bits per heavy atom. The van der Waals surface area contributed by atoms with Gasteiger partial charge in [0.15, 0.2) is 5.71 Å². The van der Waals surface area contributed by atoms with Gasteiger partial charge in [-0.05, 0) is 26.0 Å². The lowest BCUT2D eigenvalue weighted by molar-refractivity contribution is -2.00. The molecule has 0 saturated carbocycles. The van der Waals surface area contributed by atoms with E-state index in [1.165, 1.54) is 0 Å². The summed E-state index contributed by atoms with van der Waals surface area (Å²) < 4.78 is 36.2. The fourth-order valence-corrected chi connectivity index (χ4v) is 3.49. The van der Waals surface area contributed by atoms with Gasteiger partial charge in [-0.15, -0.1) is 10.2 Å². The number of non-ortho nitro benzene ring substituents is 1. The Balaban J connectivity index is 0.000000614. The van der Waals surface area contributed by atoms with E-state index in [0.717, 1.165) is 35.6 Å². The van der Waals surface area contributed by atoms with E-state index in [1.807, 2.05) is 42.6 Å². The molecule has 10 heteroatoms. The van der Waals surface area contributed by atoms with Crippen LogP contribution in [0.5, 0.6) is 0 Å². The molecule has 9 nitrogen and oxygen atoms in total. The van der Waals surface area contributed by atoms with Gasteiger partial charge in [0, 0.05) is 48.1 Å². The number of anilines is 1. The van der Waals surface area contributed by atoms with E-state index in [1.54, 1.807) is 12.1 Å². The standard InChI is InChI=1S/C21H23N3O2.ClHO4/c1-4-14-23-19-11-10-17(24(25)26)15-18(19)21(2,3)20(23)12-13-22-16-8-6-5-7-9-16;2-1(3,4)5/h5-13,15H,4,14H2,1-3H3;(H,2,3,4,5). The number of nitrogens with one attached hydrogen (secondary N) is 1. The van der Waals surface area contributed by atoms with Gasteiger partial charge < -0.3 is 5.32 Å². The zero-order valence-electron chi connectivity index (χ0n) is 17.4. The van der Waals surface area contributed by atoms with Gasteiger partial charge in [-0.25, -0.2) is 18.6 Å². The molecular formula is C21H24ClN3O6. The number of allylic oxidation sites excluding steroid dienone is 1. The van der Waals surface area contributed by atoms with Crippen molar-refractivity contribution in [2.24, 2.45) is 0 Å². The number of benzene rings is 2. The monoisotopic (exact) mass is 449 g/mol. The minimum atomic E-state index is -4.94. The van der Waals surface area contributed by atoms with Crippen LogP contribution < -0.4 is 24.0 Å². The van der Waals surface area contributed by atoms with Crippen molar-refractivity contribution in [2.75, 3.05) is 11.9 Å². The zero-order chi connectivity index (χ0) is 23.2. The first kappa shape index (κ1) is 24.4. The van der Waals surface area contributed by atoms with Crippen LogP contribution in [0.15, 0.2) is 60.8 Å². The first-order valence-electron chi connectivity index (χ1n) is 9.49. The van der Waals surface area contributed by atoms with Crippen molar-refractivity contribution in [3.63, 3.8) is 0 Å². The summed E-state index contributed by atoms with van der Waals surface area (Å²) in [5.41, 5.74) is 4.06. The maximum atomic E-state index is 11.2. The Bertz CT molecular complexity index is 978. The summed E-state index contributed by atoms with van der Waals surface area (Å²) in [6.45, 7) is 7.25. The summed E-state index contributed by atoms with van der Waals surface area (Å²) in [5.74, 6) is 0. The highest BCUT2D eigenvalue weighted by Crippen LogP contribution is 2.41. The number of nitrogens with zero attached hydrogens (tertiary/aromatic N) is 2. The smallest absolute Gasteiger partial charge is 0.270 e. The molecule has 1 heterocycles. The van der Waals surface area contributed by atoms with Crippen LogP contribution in [-0.2, 0) is 5.41 Å².